The molecule has 2 unspecified atom stereocenters. The number of aliphatic hydroxyl groups is 1. The van der Waals surface area contributed by atoms with Crippen LogP contribution in [0.5, 0.6) is 11.5 Å². The van der Waals surface area contributed by atoms with Crippen molar-refractivity contribution in [2.75, 3.05) is 19.7 Å². The number of aromatic amines is 1. The molecule has 0 radical (unpaired) electrons. The van der Waals surface area contributed by atoms with Crippen LogP contribution < -0.4 is 15.6 Å². The van der Waals surface area contributed by atoms with Crippen LogP contribution in [0.25, 0.3) is 10.9 Å². The van der Waals surface area contributed by atoms with Gasteiger partial charge in [0.15, 0.2) is 0 Å². The Morgan fingerprint density at radius 2 is 1.92 bits per heavy atom. The third-order valence-corrected chi connectivity index (χ3v) is 9.12. The maximum absolute atomic E-state index is 11.6. The summed E-state index contributed by atoms with van der Waals surface area (Å²) in [7, 11) is 0. The van der Waals surface area contributed by atoms with Gasteiger partial charge in [-0.1, -0.05) is 18.2 Å². The Morgan fingerprint density at radius 3 is 2.75 bits per heavy atom. The third kappa shape index (κ3) is 4.53. The minimum Gasteiger partial charge on any atom is -0.506 e. The number of benzene rings is 2. The van der Waals surface area contributed by atoms with Gasteiger partial charge in [0.2, 0.25) is 5.56 Å². The van der Waals surface area contributed by atoms with E-state index in [0.717, 1.165) is 43.1 Å². The smallest absolute Gasteiger partial charge is 0.248 e. The molecule has 4 aliphatic carbocycles. The number of aromatic hydroxyl groups is 1. The zero-order valence-corrected chi connectivity index (χ0v) is 20.7. The van der Waals surface area contributed by atoms with Gasteiger partial charge in [-0.05, 0) is 110 Å². The Kier molecular flexibility index (Phi) is 6.26. The van der Waals surface area contributed by atoms with E-state index in [-0.39, 0.29) is 11.3 Å². The number of ether oxygens (including phenoxy) is 1. The lowest BCUT2D eigenvalue weighted by molar-refractivity contribution is 0.147. The molecule has 4 fully saturated rings. The summed E-state index contributed by atoms with van der Waals surface area (Å²) in [6, 6.07) is 14.6. The molecule has 4 saturated carbocycles. The second-order valence-corrected chi connectivity index (χ2v) is 11.4. The average Bonchev–Trinajstić information content (AvgIpc) is 3.25. The quantitative estimate of drug-likeness (QED) is 0.311. The highest BCUT2D eigenvalue weighted by molar-refractivity contribution is 5.87. The van der Waals surface area contributed by atoms with E-state index in [0.29, 0.717) is 28.4 Å². The van der Waals surface area contributed by atoms with E-state index in [9.17, 15) is 15.0 Å². The van der Waals surface area contributed by atoms with E-state index in [2.05, 4.69) is 34.6 Å². The largest absolute Gasteiger partial charge is 0.506 e. The molecular formula is C30H36N2O4. The highest BCUT2D eigenvalue weighted by Gasteiger charge is 2.57. The van der Waals surface area contributed by atoms with E-state index in [1.54, 1.807) is 12.1 Å². The molecule has 4 aliphatic rings. The molecule has 1 aromatic heterocycles. The molecule has 3 aromatic rings. The van der Waals surface area contributed by atoms with Crippen LogP contribution in [0.4, 0.5) is 0 Å². The molecule has 0 amide bonds. The first kappa shape index (κ1) is 23.6. The SMILES string of the molecule is O=c1ccc2c([C@@H](O)CNCCc3cccc(OCCC45CC6CC(CC4C6)C5)c3)ccc(O)c2[nH]1. The zero-order chi connectivity index (χ0) is 24.7. The van der Waals surface area contributed by atoms with Crippen molar-refractivity contribution in [1.82, 2.24) is 10.3 Å². The Bertz CT molecular complexity index is 1290. The number of hydrogen-bond acceptors (Lipinski definition) is 5. The number of phenolic OH excluding ortho intramolecular Hbond substituents is 1. The van der Waals surface area contributed by atoms with Gasteiger partial charge >= 0.3 is 0 Å². The van der Waals surface area contributed by atoms with Crippen molar-refractivity contribution < 1.29 is 14.9 Å². The molecular weight excluding hydrogens is 452 g/mol. The number of fused-ring (bicyclic) bond motifs is 1. The normalized spacial score (nSPS) is 27.1. The van der Waals surface area contributed by atoms with Crippen molar-refractivity contribution in [2.24, 2.45) is 23.2 Å². The molecule has 36 heavy (non-hydrogen) atoms. The van der Waals surface area contributed by atoms with Crippen LogP contribution in [-0.2, 0) is 6.42 Å². The van der Waals surface area contributed by atoms with Crippen molar-refractivity contribution >= 4 is 10.9 Å². The first-order valence-corrected chi connectivity index (χ1v) is 13.4. The summed E-state index contributed by atoms with van der Waals surface area (Å²) in [5.74, 6) is 3.89. The second kappa shape index (κ2) is 9.56. The monoisotopic (exact) mass is 488 g/mol. The lowest BCUT2D eigenvalue weighted by Gasteiger charge is -2.32. The van der Waals surface area contributed by atoms with Gasteiger partial charge in [-0.3, -0.25) is 4.79 Å². The number of pyridine rings is 1. The number of nitrogens with one attached hydrogen (secondary N) is 2. The van der Waals surface area contributed by atoms with E-state index >= 15 is 0 Å². The molecule has 0 aliphatic heterocycles. The fraction of sp³-hybridized carbons (Fsp3) is 0.500. The summed E-state index contributed by atoms with van der Waals surface area (Å²) in [5, 5.41) is 24.8. The highest BCUT2D eigenvalue weighted by Crippen LogP contribution is 2.66. The summed E-state index contributed by atoms with van der Waals surface area (Å²) >= 11 is 0. The Morgan fingerprint density at radius 1 is 1.08 bits per heavy atom. The Labute approximate surface area is 211 Å². The molecule has 7 rings (SSSR count). The summed E-state index contributed by atoms with van der Waals surface area (Å²) in [4.78, 5) is 14.3. The van der Waals surface area contributed by atoms with Crippen LogP contribution in [0.3, 0.4) is 0 Å². The lowest BCUT2D eigenvalue weighted by atomic mass is 9.74. The van der Waals surface area contributed by atoms with Crippen molar-refractivity contribution in [3.8, 4) is 11.5 Å². The molecule has 4 N–H and O–H groups in total. The summed E-state index contributed by atoms with van der Waals surface area (Å²) in [6.45, 7) is 1.91. The van der Waals surface area contributed by atoms with E-state index in [1.165, 1.54) is 56.2 Å². The Balaban J connectivity index is 0.987. The predicted molar refractivity (Wildman–Crippen MR) is 140 cm³/mol. The number of aliphatic hydroxyl groups excluding tert-OH is 1. The van der Waals surface area contributed by atoms with Crippen LogP contribution >= 0.6 is 0 Å². The predicted octanol–water partition coefficient (Wildman–Crippen LogP) is 4.69. The molecule has 190 valence electrons. The zero-order valence-electron chi connectivity index (χ0n) is 20.7. The van der Waals surface area contributed by atoms with Crippen molar-refractivity contribution in [2.45, 2.75) is 51.0 Å². The fourth-order valence-electron chi connectivity index (χ4n) is 7.67. The van der Waals surface area contributed by atoms with Gasteiger partial charge in [0.05, 0.1) is 18.2 Å². The molecule has 3 atom stereocenters. The molecule has 0 saturated heterocycles. The minimum absolute atomic E-state index is 0.00345. The van der Waals surface area contributed by atoms with E-state index < -0.39 is 6.10 Å². The molecule has 1 heterocycles. The van der Waals surface area contributed by atoms with Crippen LogP contribution in [0, 0.1) is 23.2 Å². The van der Waals surface area contributed by atoms with Crippen LogP contribution in [0.2, 0.25) is 0 Å². The van der Waals surface area contributed by atoms with Crippen molar-refractivity contribution in [1.29, 1.82) is 0 Å². The molecule has 6 nitrogen and oxygen atoms in total. The van der Waals surface area contributed by atoms with Crippen LogP contribution in [0.1, 0.15) is 55.8 Å². The van der Waals surface area contributed by atoms with Gasteiger partial charge < -0.3 is 25.3 Å². The van der Waals surface area contributed by atoms with E-state index in [4.69, 9.17) is 4.74 Å². The second-order valence-electron chi connectivity index (χ2n) is 11.4. The summed E-state index contributed by atoms with van der Waals surface area (Å²) in [6.07, 6.45) is 8.58. The first-order chi connectivity index (χ1) is 17.5. The number of phenols is 1. The molecule has 2 aromatic carbocycles. The van der Waals surface area contributed by atoms with Crippen molar-refractivity contribution in [3.63, 3.8) is 0 Å². The minimum atomic E-state index is -0.755. The van der Waals surface area contributed by atoms with Crippen LogP contribution in [-0.4, -0.2) is 34.9 Å². The van der Waals surface area contributed by atoms with Gasteiger partial charge in [-0.25, -0.2) is 0 Å². The number of aromatic nitrogens is 1. The molecule has 6 heteroatoms. The average molecular weight is 489 g/mol. The molecule has 0 spiro atoms. The summed E-state index contributed by atoms with van der Waals surface area (Å²) in [5.41, 5.74) is 2.52. The lowest BCUT2D eigenvalue weighted by Crippen LogP contribution is -2.25. The van der Waals surface area contributed by atoms with Gasteiger partial charge in [-0.2, -0.15) is 0 Å². The number of H-pyrrole nitrogens is 1. The van der Waals surface area contributed by atoms with Gasteiger partial charge in [-0.15, -0.1) is 0 Å². The number of hydrogen-bond donors (Lipinski definition) is 4. The maximum Gasteiger partial charge on any atom is 0.248 e. The highest BCUT2D eigenvalue weighted by atomic mass is 16.5. The topological polar surface area (TPSA) is 94.6 Å². The third-order valence-electron chi connectivity index (χ3n) is 9.12. The fourth-order valence-corrected chi connectivity index (χ4v) is 7.67. The van der Waals surface area contributed by atoms with E-state index in [1.807, 2.05) is 0 Å². The Hall–Kier alpha value is -2.83. The van der Waals surface area contributed by atoms with Gasteiger partial charge in [0.25, 0.3) is 0 Å². The maximum atomic E-state index is 11.6. The molecule has 4 bridgehead atoms. The standard InChI is InChI=1S/C30H36N2O4/c33-26-6-4-24(25-5-7-28(35)32-29(25)26)27(34)18-31-10-8-19-2-1-3-23(15-19)36-11-9-30-16-20-12-21(17-30)14-22(30)13-20/h1-7,15,20-22,27,31,33-34H,8-14,16-18H2,(H,32,35)/t20?,21?,22?,27-,30?/m0/s1. The first-order valence-electron chi connectivity index (χ1n) is 13.4. The van der Waals surface area contributed by atoms with Gasteiger partial charge in [0, 0.05) is 18.0 Å². The van der Waals surface area contributed by atoms with Crippen LogP contribution in [0.15, 0.2) is 53.3 Å². The summed E-state index contributed by atoms with van der Waals surface area (Å²) < 4.78 is 6.22. The van der Waals surface area contributed by atoms with Gasteiger partial charge in [0.1, 0.15) is 11.5 Å². The number of rotatable bonds is 10. The van der Waals surface area contributed by atoms with Crippen molar-refractivity contribution in [3.05, 3.63) is 70.0 Å².